The van der Waals surface area contributed by atoms with Crippen LogP contribution in [-0.4, -0.2) is 35.8 Å². The molecule has 1 aliphatic rings. The van der Waals surface area contributed by atoms with E-state index >= 15 is 0 Å². The van der Waals surface area contributed by atoms with Gasteiger partial charge in [-0.05, 0) is 18.1 Å². The maximum Gasteiger partial charge on any atom is 0.230 e. The molecule has 0 saturated carbocycles. The van der Waals surface area contributed by atoms with Crippen molar-refractivity contribution in [2.45, 2.75) is 32.3 Å². The Bertz CT molecular complexity index is 632. The summed E-state index contributed by atoms with van der Waals surface area (Å²) in [6.07, 6.45) is 1.78. The lowest BCUT2D eigenvalue weighted by molar-refractivity contribution is -0.138. The van der Waals surface area contributed by atoms with Crippen LogP contribution in [0.15, 0.2) is 28.4 Å². The van der Waals surface area contributed by atoms with Crippen LogP contribution in [0.1, 0.15) is 25.3 Å². The monoisotopic (exact) mass is 351 g/mol. The van der Waals surface area contributed by atoms with Crippen LogP contribution < -0.4 is 14.8 Å². The predicted molar refractivity (Wildman–Crippen MR) is 92.4 cm³/mol. The van der Waals surface area contributed by atoms with Gasteiger partial charge >= 0.3 is 0 Å². The van der Waals surface area contributed by atoms with E-state index < -0.39 is 0 Å². The van der Waals surface area contributed by atoms with Gasteiger partial charge in [-0.15, -0.1) is 5.11 Å². The summed E-state index contributed by atoms with van der Waals surface area (Å²) in [6, 6.07) is 5.66. The molecule has 1 aromatic rings. The first-order chi connectivity index (χ1) is 11.6. The lowest BCUT2D eigenvalue weighted by atomic mass is 10.1. The molecule has 1 fully saturated rings. The van der Waals surface area contributed by atoms with Crippen molar-refractivity contribution in [2.75, 3.05) is 13.1 Å². The number of nitrogens with two attached hydrogens (primary N) is 1. The number of amides is 1. The van der Waals surface area contributed by atoms with Gasteiger partial charge in [0.05, 0.1) is 19.5 Å². The summed E-state index contributed by atoms with van der Waals surface area (Å²) in [7, 11) is 0. The molecule has 9 heteroatoms. The molecule has 0 radical (unpaired) electrons. The number of nitrogens with zero attached hydrogens (tertiary/aromatic N) is 3. The molecular weight excluding hydrogens is 330 g/mol. The first-order valence-corrected chi connectivity index (χ1v) is 8.00. The van der Waals surface area contributed by atoms with Crippen molar-refractivity contribution in [3.8, 4) is 11.5 Å². The zero-order chi connectivity index (χ0) is 17.5. The molecule has 1 heterocycles. The van der Waals surface area contributed by atoms with Crippen LogP contribution in [0.5, 0.6) is 11.5 Å². The lowest BCUT2D eigenvalue weighted by Crippen LogP contribution is -2.56. The number of thiol groups is 1. The molecule has 0 unspecified atom stereocenters. The second-order valence-electron chi connectivity index (χ2n) is 5.48. The average molecular weight is 351 g/mol. The molecule has 0 aromatic heterocycles. The molecule has 3 N–H and O–H groups in total. The average Bonchev–Trinajstić information content (AvgIpc) is 2.56. The number of likely N-dealkylation sites (tertiary alicyclic amines) is 1. The maximum absolute atomic E-state index is 11.9. The Morgan fingerprint density at radius 1 is 1.50 bits per heavy atom. The number of benzene rings is 1. The second-order valence-corrected chi connectivity index (χ2v) is 5.67. The highest BCUT2D eigenvalue weighted by atomic mass is 32.1. The molecule has 24 heavy (non-hydrogen) atoms. The van der Waals surface area contributed by atoms with E-state index in [0.717, 1.165) is 18.4 Å². The van der Waals surface area contributed by atoms with Gasteiger partial charge in [0.25, 0.3) is 0 Å². The van der Waals surface area contributed by atoms with Crippen LogP contribution in [0.25, 0.3) is 0 Å². The van der Waals surface area contributed by atoms with E-state index in [0.29, 0.717) is 24.6 Å². The standard InChI is InChI=1S/C15H21N5O3S/c1-2-3-10-4-5-11(6-13(10)23-24)22-12-8-20(9-12)15(21)7-14(18-16)19-17/h4-6,12,16,24H,2-3,7-9,17H2,1H3/b18-16?,19-14-. The smallest absolute Gasteiger partial charge is 0.230 e. The van der Waals surface area contributed by atoms with E-state index in [1.807, 2.05) is 12.1 Å². The molecule has 2 rings (SSSR count). The minimum absolute atomic E-state index is 0.00597. The van der Waals surface area contributed by atoms with Crippen molar-refractivity contribution in [3.63, 3.8) is 0 Å². The number of aryl methyl sites for hydroxylation is 1. The van der Waals surface area contributed by atoms with Gasteiger partial charge in [-0.3, -0.25) is 4.79 Å². The zero-order valence-electron chi connectivity index (χ0n) is 13.4. The predicted octanol–water partition coefficient (Wildman–Crippen LogP) is 2.15. The van der Waals surface area contributed by atoms with E-state index in [2.05, 4.69) is 30.0 Å². The van der Waals surface area contributed by atoms with Gasteiger partial charge in [0, 0.05) is 19.0 Å². The Kier molecular flexibility index (Phi) is 6.42. The molecule has 1 amide bonds. The van der Waals surface area contributed by atoms with Gasteiger partial charge in [-0.2, -0.15) is 5.10 Å². The molecule has 8 nitrogen and oxygen atoms in total. The number of hydrogen-bond acceptors (Lipinski definition) is 7. The third-order valence-corrected chi connectivity index (χ3v) is 3.94. The Hall–Kier alpha value is -2.29. The lowest BCUT2D eigenvalue weighted by Gasteiger charge is -2.39. The number of carbonyl (C=O) groups excluding carboxylic acids is 1. The summed E-state index contributed by atoms with van der Waals surface area (Å²) < 4.78 is 10.9. The fourth-order valence-electron chi connectivity index (χ4n) is 2.44. The van der Waals surface area contributed by atoms with Crippen LogP contribution in [0.3, 0.4) is 0 Å². The van der Waals surface area contributed by atoms with Crippen molar-refractivity contribution in [2.24, 2.45) is 16.1 Å². The summed E-state index contributed by atoms with van der Waals surface area (Å²) in [4.78, 5) is 13.5. The quantitative estimate of drug-likeness (QED) is 0.133. The number of ether oxygens (including phenoxy) is 1. The molecule has 1 aliphatic heterocycles. The first-order valence-electron chi connectivity index (χ1n) is 7.64. The van der Waals surface area contributed by atoms with E-state index in [4.69, 9.17) is 20.3 Å². The summed E-state index contributed by atoms with van der Waals surface area (Å²) >= 11 is 3.88. The number of carbonyl (C=O) groups is 1. The van der Waals surface area contributed by atoms with Crippen molar-refractivity contribution in [1.82, 2.24) is 4.90 Å². The molecule has 1 saturated heterocycles. The SMILES string of the molecule is CCCc1ccc(OC2CN(C(=O)C/C(N=N)=N/N)C2)cc1OS. The van der Waals surface area contributed by atoms with Crippen LogP contribution in [-0.2, 0) is 11.2 Å². The molecule has 0 aliphatic carbocycles. The van der Waals surface area contributed by atoms with Crippen molar-refractivity contribution < 1.29 is 13.7 Å². The first kappa shape index (κ1) is 18.1. The summed E-state index contributed by atoms with van der Waals surface area (Å²) in [5, 5.41) is 6.37. The van der Waals surface area contributed by atoms with Crippen molar-refractivity contribution in [1.29, 1.82) is 5.53 Å². The van der Waals surface area contributed by atoms with Crippen molar-refractivity contribution in [3.05, 3.63) is 23.8 Å². The third-order valence-electron chi connectivity index (χ3n) is 3.75. The molecule has 1 aromatic carbocycles. The van der Waals surface area contributed by atoms with Gasteiger partial charge in [0.2, 0.25) is 5.91 Å². The van der Waals surface area contributed by atoms with E-state index in [9.17, 15) is 4.79 Å². The number of rotatable bonds is 7. The number of nitrogens with one attached hydrogen (secondary N) is 1. The Balaban J connectivity index is 1.87. The highest BCUT2D eigenvalue weighted by Crippen LogP contribution is 2.28. The minimum Gasteiger partial charge on any atom is -0.487 e. The Labute approximate surface area is 146 Å². The number of amidine groups is 1. The summed E-state index contributed by atoms with van der Waals surface area (Å²) in [5.41, 5.74) is 7.93. The normalized spacial score (nSPS) is 14.9. The third kappa shape index (κ3) is 4.38. The van der Waals surface area contributed by atoms with E-state index in [1.165, 1.54) is 0 Å². The Morgan fingerprint density at radius 3 is 2.83 bits per heavy atom. The topological polar surface area (TPSA) is 113 Å². The summed E-state index contributed by atoms with van der Waals surface area (Å²) in [5.74, 6) is 6.24. The molecule has 0 atom stereocenters. The van der Waals surface area contributed by atoms with E-state index in [1.54, 1.807) is 11.0 Å². The van der Waals surface area contributed by atoms with Crippen LogP contribution in [0.2, 0.25) is 0 Å². The van der Waals surface area contributed by atoms with E-state index in [-0.39, 0.29) is 24.3 Å². The largest absolute Gasteiger partial charge is 0.487 e. The minimum atomic E-state index is -0.173. The van der Waals surface area contributed by atoms with Crippen molar-refractivity contribution >= 4 is 24.7 Å². The fourth-order valence-corrected chi connectivity index (χ4v) is 2.61. The Morgan fingerprint density at radius 2 is 2.25 bits per heavy atom. The molecule has 0 bridgehead atoms. The number of hydrazone groups is 1. The molecule has 0 spiro atoms. The fraction of sp³-hybridized carbons (Fsp3) is 0.467. The molecule has 130 valence electrons. The van der Waals surface area contributed by atoms with Gasteiger partial charge in [-0.25, -0.2) is 5.53 Å². The van der Waals surface area contributed by atoms with Crippen LogP contribution in [0.4, 0.5) is 0 Å². The summed E-state index contributed by atoms with van der Waals surface area (Å²) in [6.45, 7) is 3.05. The number of hydrogen-bond donors (Lipinski definition) is 3. The highest BCUT2D eigenvalue weighted by molar-refractivity contribution is 7.75. The van der Waals surface area contributed by atoms with Gasteiger partial charge < -0.3 is 19.7 Å². The highest BCUT2D eigenvalue weighted by Gasteiger charge is 2.32. The second kappa shape index (κ2) is 8.53. The zero-order valence-corrected chi connectivity index (χ0v) is 14.3. The molecular formula is C15H21N5O3S. The maximum atomic E-state index is 11.9. The van der Waals surface area contributed by atoms with Gasteiger partial charge in [-0.1, -0.05) is 19.4 Å². The van der Waals surface area contributed by atoms with Crippen LogP contribution >= 0.6 is 12.9 Å². The van der Waals surface area contributed by atoms with Crippen LogP contribution in [0, 0.1) is 5.53 Å². The van der Waals surface area contributed by atoms with Gasteiger partial charge in [0.1, 0.15) is 17.6 Å². The van der Waals surface area contributed by atoms with Gasteiger partial charge in [0.15, 0.2) is 5.84 Å².